The van der Waals surface area contributed by atoms with Crippen LogP contribution in [0.3, 0.4) is 0 Å². The summed E-state index contributed by atoms with van der Waals surface area (Å²) in [5.74, 6) is 1.57. The zero-order valence-corrected chi connectivity index (χ0v) is 10.9. The number of benzene rings is 1. The summed E-state index contributed by atoms with van der Waals surface area (Å²) in [4.78, 5) is 0. The Labute approximate surface area is 109 Å². The zero-order valence-electron chi connectivity index (χ0n) is 10.9. The number of ether oxygens (including phenoxy) is 2. The molecule has 0 amide bonds. The van der Waals surface area contributed by atoms with Gasteiger partial charge < -0.3 is 15.2 Å². The lowest BCUT2D eigenvalue weighted by atomic mass is 10.1. The smallest absolute Gasteiger partial charge is 0.142 e. The molecule has 1 aromatic rings. The average molecular weight is 249 g/mol. The fraction of sp³-hybridized carbons (Fsp3) is 0.600. The summed E-state index contributed by atoms with van der Waals surface area (Å²) in [6, 6.07) is 7.59. The summed E-state index contributed by atoms with van der Waals surface area (Å²) in [6.45, 7) is 2.37. The molecule has 0 saturated heterocycles. The Morgan fingerprint density at radius 1 is 1.11 bits per heavy atom. The van der Waals surface area contributed by atoms with Crippen molar-refractivity contribution in [3.63, 3.8) is 0 Å². The predicted molar refractivity (Wildman–Crippen MR) is 73.7 cm³/mol. The number of rotatable bonds is 7. The minimum absolute atomic E-state index is 0.666. The van der Waals surface area contributed by atoms with Gasteiger partial charge in [0, 0.05) is 19.6 Å². The second-order valence-electron chi connectivity index (χ2n) is 4.97. The van der Waals surface area contributed by atoms with E-state index < -0.39 is 0 Å². The van der Waals surface area contributed by atoms with Crippen LogP contribution < -0.4 is 10.5 Å². The summed E-state index contributed by atoms with van der Waals surface area (Å²) in [6.07, 6.45) is 6.37. The van der Waals surface area contributed by atoms with E-state index in [1.54, 1.807) is 0 Å². The van der Waals surface area contributed by atoms with Gasteiger partial charge in [-0.05, 0) is 30.9 Å². The Hall–Kier alpha value is -1.22. The molecule has 18 heavy (non-hydrogen) atoms. The van der Waals surface area contributed by atoms with Gasteiger partial charge in [0.1, 0.15) is 5.75 Å². The Kier molecular flexibility index (Phi) is 5.34. The minimum Gasteiger partial charge on any atom is -0.491 e. The van der Waals surface area contributed by atoms with Gasteiger partial charge in [-0.1, -0.05) is 25.0 Å². The van der Waals surface area contributed by atoms with Crippen LogP contribution in [0.25, 0.3) is 0 Å². The number of para-hydroxylation sites is 2. The van der Waals surface area contributed by atoms with E-state index in [-0.39, 0.29) is 0 Å². The molecule has 0 bridgehead atoms. The molecule has 0 unspecified atom stereocenters. The van der Waals surface area contributed by atoms with Crippen molar-refractivity contribution in [3.8, 4) is 5.75 Å². The molecule has 0 aromatic heterocycles. The van der Waals surface area contributed by atoms with Crippen molar-refractivity contribution in [3.05, 3.63) is 24.3 Å². The molecule has 2 rings (SSSR count). The van der Waals surface area contributed by atoms with Crippen LogP contribution in [0.4, 0.5) is 5.69 Å². The largest absolute Gasteiger partial charge is 0.491 e. The Morgan fingerprint density at radius 3 is 2.67 bits per heavy atom. The van der Waals surface area contributed by atoms with Crippen molar-refractivity contribution < 1.29 is 9.47 Å². The molecule has 2 N–H and O–H groups in total. The van der Waals surface area contributed by atoms with E-state index in [9.17, 15) is 0 Å². The first-order chi connectivity index (χ1) is 8.86. The average Bonchev–Trinajstić information content (AvgIpc) is 2.89. The molecule has 0 radical (unpaired) electrons. The van der Waals surface area contributed by atoms with Crippen molar-refractivity contribution in [1.29, 1.82) is 0 Å². The van der Waals surface area contributed by atoms with E-state index in [2.05, 4.69) is 0 Å². The summed E-state index contributed by atoms with van der Waals surface area (Å²) in [7, 11) is 0. The Balaban J connectivity index is 1.52. The molecule has 0 atom stereocenters. The second kappa shape index (κ2) is 7.27. The second-order valence-corrected chi connectivity index (χ2v) is 4.97. The fourth-order valence-corrected chi connectivity index (χ4v) is 2.38. The van der Waals surface area contributed by atoms with Gasteiger partial charge in [0.2, 0.25) is 0 Å². The van der Waals surface area contributed by atoms with Gasteiger partial charge in [0.05, 0.1) is 12.3 Å². The molecule has 1 saturated carbocycles. The first-order valence-electron chi connectivity index (χ1n) is 6.91. The molecule has 3 heteroatoms. The molecule has 0 heterocycles. The lowest BCUT2D eigenvalue weighted by Gasteiger charge is -2.11. The van der Waals surface area contributed by atoms with Crippen molar-refractivity contribution in [2.75, 3.05) is 25.6 Å². The van der Waals surface area contributed by atoms with E-state index in [0.717, 1.165) is 31.3 Å². The van der Waals surface area contributed by atoms with Crippen LogP contribution in [0.5, 0.6) is 5.75 Å². The standard InChI is InChI=1S/C15H23NO2/c16-14-8-3-4-9-15(14)18-11-5-10-17-12-13-6-1-2-7-13/h3-4,8-9,13H,1-2,5-7,10-12,16H2. The van der Waals surface area contributed by atoms with E-state index in [1.165, 1.54) is 25.7 Å². The van der Waals surface area contributed by atoms with Crippen LogP contribution in [0.1, 0.15) is 32.1 Å². The molecule has 1 fully saturated rings. The Morgan fingerprint density at radius 2 is 1.89 bits per heavy atom. The highest BCUT2D eigenvalue weighted by Gasteiger charge is 2.14. The van der Waals surface area contributed by atoms with Crippen molar-refractivity contribution in [1.82, 2.24) is 0 Å². The number of nitrogen functional groups attached to an aromatic ring is 1. The van der Waals surface area contributed by atoms with Crippen molar-refractivity contribution in [2.24, 2.45) is 5.92 Å². The molecule has 0 spiro atoms. The first kappa shape index (κ1) is 13.2. The lowest BCUT2D eigenvalue weighted by Crippen LogP contribution is -2.09. The highest BCUT2D eigenvalue weighted by molar-refractivity contribution is 5.51. The maximum atomic E-state index is 5.79. The molecule has 1 aliphatic carbocycles. The molecule has 100 valence electrons. The van der Waals surface area contributed by atoms with E-state index >= 15 is 0 Å². The van der Waals surface area contributed by atoms with Crippen LogP contribution in [0.2, 0.25) is 0 Å². The fourth-order valence-electron chi connectivity index (χ4n) is 2.38. The van der Waals surface area contributed by atoms with Gasteiger partial charge in [-0.25, -0.2) is 0 Å². The molecule has 3 nitrogen and oxygen atoms in total. The number of nitrogens with two attached hydrogens (primary N) is 1. The zero-order chi connectivity index (χ0) is 12.6. The van der Waals surface area contributed by atoms with Crippen LogP contribution in [0.15, 0.2) is 24.3 Å². The predicted octanol–water partition coefficient (Wildman–Crippen LogP) is 3.24. The third-order valence-electron chi connectivity index (χ3n) is 3.44. The maximum absolute atomic E-state index is 5.79. The lowest BCUT2D eigenvalue weighted by molar-refractivity contribution is 0.0907. The molecule has 1 aliphatic rings. The summed E-state index contributed by atoms with van der Waals surface area (Å²) in [5.41, 5.74) is 6.49. The number of anilines is 1. The third-order valence-corrected chi connectivity index (χ3v) is 3.44. The monoisotopic (exact) mass is 249 g/mol. The van der Waals surface area contributed by atoms with Gasteiger partial charge in [0.25, 0.3) is 0 Å². The quantitative estimate of drug-likeness (QED) is 0.596. The van der Waals surface area contributed by atoms with Gasteiger partial charge in [-0.15, -0.1) is 0 Å². The molecular formula is C15H23NO2. The van der Waals surface area contributed by atoms with Gasteiger partial charge >= 0.3 is 0 Å². The van der Waals surface area contributed by atoms with E-state index in [1.807, 2.05) is 24.3 Å². The van der Waals surface area contributed by atoms with Crippen molar-refractivity contribution in [2.45, 2.75) is 32.1 Å². The summed E-state index contributed by atoms with van der Waals surface area (Å²) >= 11 is 0. The highest BCUT2D eigenvalue weighted by Crippen LogP contribution is 2.24. The number of hydrogen-bond acceptors (Lipinski definition) is 3. The van der Waals surface area contributed by atoms with Gasteiger partial charge in [0.15, 0.2) is 0 Å². The van der Waals surface area contributed by atoms with Crippen LogP contribution in [0, 0.1) is 5.92 Å². The minimum atomic E-state index is 0.666. The summed E-state index contributed by atoms with van der Waals surface area (Å²) in [5, 5.41) is 0. The SMILES string of the molecule is Nc1ccccc1OCCCOCC1CCCC1. The topological polar surface area (TPSA) is 44.5 Å². The molecular weight excluding hydrogens is 226 g/mol. The Bertz CT molecular complexity index is 348. The van der Waals surface area contributed by atoms with E-state index in [4.69, 9.17) is 15.2 Å². The highest BCUT2D eigenvalue weighted by atomic mass is 16.5. The first-order valence-corrected chi connectivity index (χ1v) is 6.91. The number of hydrogen-bond donors (Lipinski definition) is 1. The van der Waals surface area contributed by atoms with Crippen molar-refractivity contribution >= 4 is 5.69 Å². The molecule has 1 aromatic carbocycles. The van der Waals surface area contributed by atoms with Gasteiger partial charge in [-0.3, -0.25) is 0 Å². The van der Waals surface area contributed by atoms with Crippen LogP contribution in [-0.4, -0.2) is 19.8 Å². The molecule has 0 aliphatic heterocycles. The van der Waals surface area contributed by atoms with E-state index in [0.29, 0.717) is 12.3 Å². The summed E-state index contributed by atoms with van der Waals surface area (Å²) < 4.78 is 11.3. The third kappa shape index (κ3) is 4.22. The normalized spacial score (nSPS) is 16.0. The van der Waals surface area contributed by atoms with Gasteiger partial charge in [-0.2, -0.15) is 0 Å². The maximum Gasteiger partial charge on any atom is 0.142 e. The van der Waals surface area contributed by atoms with Crippen LogP contribution in [-0.2, 0) is 4.74 Å². The van der Waals surface area contributed by atoms with Crippen LogP contribution >= 0.6 is 0 Å².